The van der Waals surface area contributed by atoms with Crippen LogP contribution in [-0.4, -0.2) is 18.0 Å². The van der Waals surface area contributed by atoms with Crippen LogP contribution in [0, 0.1) is 0 Å². The molecule has 1 aromatic rings. The molecule has 3 nitrogen and oxygen atoms in total. The molecule has 0 aromatic heterocycles. The second kappa shape index (κ2) is 7.83. The predicted molar refractivity (Wildman–Crippen MR) is 89.3 cm³/mol. The highest BCUT2D eigenvalue weighted by Gasteiger charge is 2.20. The lowest BCUT2D eigenvalue weighted by atomic mass is 10.1. The molecule has 0 saturated heterocycles. The van der Waals surface area contributed by atoms with E-state index in [1.165, 1.54) is 43.4 Å². The standard InChI is InChI=1S/C17H26N2OS/c1-17(2,19-18-14-9-6-4-5-7-10-14)20-15-11-8-12-16(13-15)21-3/h8,11-14H,4-7,9-10H2,1-3H3. The molecule has 0 N–H and O–H groups in total. The second-order valence-electron chi connectivity index (χ2n) is 6.09. The van der Waals surface area contributed by atoms with Gasteiger partial charge in [-0.25, -0.2) is 0 Å². The van der Waals surface area contributed by atoms with Gasteiger partial charge in [-0.15, -0.1) is 16.9 Å². The maximum Gasteiger partial charge on any atom is 0.213 e. The Labute approximate surface area is 132 Å². The number of hydrogen-bond donors (Lipinski definition) is 0. The zero-order chi connectivity index (χ0) is 15.1. The largest absolute Gasteiger partial charge is 0.465 e. The van der Waals surface area contributed by atoms with E-state index in [4.69, 9.17) is 4.74 Å². The van der Waals surface area contributed by atoms with Crippen molar-refractivity contribution in [1.29, 1.82) is 0 Å². The lowest BCUT2D eigenvalue weighted by Gasteiger charge is -2.22. The second-order valence-corrected chi connectivity index (χ2v) is 6.97. The Balaban J connectivity index is 1.96. The fourth-order valence-electron chi connectivity index (χ4n) is 2.57. The first-order valence-electron chi connectivity index (χ1n) is 7.84. The van der Waals surface area contributed by atoms with Crippen LogP contribution in [0.2, 0.25) is 0 Å². The van der Waals surface area contributed by atoms with Crippen molar-refractivity contribution >= 4 is 11.8 Å². The van der Waals surface area contributed by atoms with Crippen LogP contribution in [0.5, 0.6) is 5.75 Å². The monoisotopic (exact) mass is 306 g/mol. The normalized spacial score (nSPS) is 17.9. The van der Waals surface area contributed by atoms with Gasteiger partial charge in [0.15, 0.2) is 0 Å². The Morgan fingerprint density at radius 1 is 1.14 bits per heavy atom. The topological polar surface area (TPSA) is 34.0 Å². The number of thioether (sulfide) groups is 1. The van der Waals surface area contributed by atoms with Crippen molar-refractivity contribution in [3.8, 4) is 5.75 Å². The molecule has 0 unspecified atom stereocenters. The van der Waals surface area contributed by atoms with Gasteiger partial charge in [-0.05, 0) is 51.1 Å². The molecule has 21 heavy (non-hydrogen) atoms. The van der Waals surface area contributed by atoms with E-state index in [-0.39, 0.29) is 0 Å². The summed E-state index contributed by atoms with van der Waals surface area (Å²) in [7, 11) is 0. The van der Waals surface area contributed by atoms with Crippen LogP contribution in [0.3, 0.4) is 0 Å². The van der Waals surface area contributed by atoms with Gasteiger partial charge in [0.05, 0.1) is 6.04 Å². The van der Waals surface area contributed by atoms with E-state index in [1.807, 2.05) is 32.0 Å². The van der Waals surface area contributed by atoms with Crippen LogP contribution in [0.15, 0.2) is 39.4 Å². The fraction of sp³-hybridized carbons (Fsp3) is 0.647. The Bertz CT molecular complexity index is 466. The van der Waals surface area contributed by atoms with Crippen molar-refractivity contribution in [2.75, 3.05) is 6.26 Å². The first kappa shape index (κ1) is 16.3. The van der Waals surface area contributed by atoms with Crippen molar-refractivity contribution in [3.05, 3.63) is 24.3 Å². The molecule has 116 valence electrons. The van der Waals surface area contributed by atoms with E-state index < -0.39 is 5.72 Å². The summed E-state index contributed by atoms with van der Waals surface area (Å²) < 4.78 is 5.99. The summed E-state index contributed by atoms with van der Waals surface area (Å²) >= 11 is 1.71. The minimum atomic E-state index is -0.608. The minimum absolute atomic E-state index is 0.382. The number of rotatable bonds is 5. The zero-order valence-electron chi connectivity index (χ0n) is 13.3. The SMILES string of the molecule is CSc1cccc(OC(C)(C)N=NC2CCCCCC2)c1. The van der Waals surface area contributed by atoms with Crippen LogP contribution in [0.25, 0.3) is 0 Å². The predicted octanol–water partition coefficient (Wildman–Crippen LogP) is 5.70. The molecule has 0 atom stereocenters. The van der Waals surface area contributed by atoms with E-state index >= 15 is 0 Å². The van der Waals surface area contributed by atoms with E-state index in [0.717, 1.165) is 5.75 Å². The van der Waals surface area contributed by atoms with Crippen molar-refractivity contribution < 1.29 is 4.74 Å². The van der Waals surface area contributed by atoms with Crippen molar-refractivity contribution in [1.82, 2.24) is 0 Å². The van der Waals surface area contributed by atoms with Gasteiger partial charge in [0, 0.05) is 4.90 Å². The molecule has 0 amide bonds. The van der Waals surface area contributed by atoms with Gasteiger partial charge >= 0.3 is 0 Å². The molecule has 0 bridgehead atoms. The average Bonchev–Trinajstić information content (AvgIpc) is 2.74. The average molecular weight is 306 g/mol. The van der Waals surface area contributed by atoms with Gasteiger partial charge < -0.3 is 4.74 Å². The molecule has 4 heteroatoms. The Kier molecular flexibility index (Phi) is 6.09. The summed E-state index contributed by atoms with van der Waals surface area (Å²) in [6.07, 6.45) is 9.64. The molecule has 0 spiro atoms. The maximum absolute atomic E-state index is 5.99. The van der Waals surface area contributed by atoms with Crippen LogP contribution in [-0.2, 0) is 0 Å². The summed E-state index contributed by atoms with van der Waals surface area (Å²) in [5, 5.41) is 9.02. The minimum Gasteiger partial charge on any atom is -0.465 e. The van der Waals surface area contributed by atoms with Crippen LogP contribution in [0.4, 0.5) is 0 Å². The fourth-order valence-corrected chi connectivity index (χ4v) is 3.02. The highest BCUT2D eigenvalue weighted by atomic mass is 32.2. The number of benzene rings is 1. The Morgan fingerprint density at radius 3 is 2.52 bits per heavy atom. The third kappa shape index (κ3) is 5.70. The number of azo groups is 1. The van der Waals surface area contributed by atoms with Crippen LogP contribution < -0.4 is 4.74 Å². The molecule has 2 rings (SSSR count). The molecular formula is C17H26N2OS. The molecule has 0 heterocycles. The summed E-state index contributed by atoms with van der Waals surface area (Å²) in [5.41, 5.74) is -0.608. The number of nitrogens with zero attached hydrogens (tertiary/aromatic N) is 2. The van der Waals surface area contributed by atoms with Gasteiger partial charge in [0.25, 0.3) is 0 Å². The highest BCUT2D eigenvalue weighted by Crippen LogP contribution is 2.26. The van der Waals surface area contributed by atoms with E-state index in [1.54, 1.807) is 11.8 Å². The van der Waals surface area contributed by atoms with E-state index in [9.17, 15) is 0 Å². The molecule has 1 aromatic carbocycles. The van der Waals surface area contributed by atoms with Gasteiger partial charge in [0.1, 0.15) is 5.75 Å². The first-order valence-corrected chi connectivity index (χ1v) is 9.07. The van der Waals surface area contributed by atoms with Gasteiger partial charge in [-0.2, -0.15) is 5.11 Å². The Hall–Kier alpha value is -1.03. The number of ether oxygens (including phenoxy) is 1. The van der Waals surface area contributed by atoms with Crippen LogP contribution >= 0.6 is 11.8 Å². The number of hydrogen-bond acceptors (Lipinski definition) is 4. The molecule has 1 aliphatic rings. The molecular weight excluding hydrogens is 280 g/mol. The van der Waals surface area contributed by atoms with Gasteiger partial charge in [-0.1, -0.05) is 31.7 Å². The molecule has 1 aliphatic carbocycles. The van der Waals surface area contributed by atoms with Crippen molar-refractivity contribution in [3.63, 3.8) is 0 Å². The third-order valence-corrected chi connectivity index (χ3v) is 4.42. The Morgan fingerprint density at radius 2 is 1.86 bits per heavy atom. The summed E-state index contributed by atoms with van der Waals surface area (Å²) in [4.78, 5) is 1.20. The van der Waals surface area contributed by atoms with Gasteiger partial charge in [-0.3, -0.25) is 0 Å². The maximum atomic E-state index is 5.99. The molecule has 1 saturated carbocycles. The lowest BCUT2D eigenvalue weighted by molar-refractivity contribution is 0.108. The molecule has 0 aliphatic heterocycles. The van der Waals surface area contributed by atoms with Gasteiger partial charge in [0.2, 0.25) is 5.72 Å². The zero-order valence-corrected chi connectivity index (χ0v) is 14.2. The van der Waals surface area contributed by atoms with Crippen molar-refractivity contribution in [2.24, 2.45) is 10.2 Å². The van der Waals surface area contributed by atoms with E-state index in [2.05, 4.69) is 22.6 Å². The van der Waals surface area contributed by atoms with Crippen molar-refractivity contribution in [2.45, 2.75) is 69.0 Å². The molecule has 0 radical (unpaired) electrons. The smallest absolute Gasteiger partial charge is 0.213 e. The summed E-state index contributed by atoms with van der Waals surface area (Å²) in [5.74, 6) is 0.853. The van der Waals surface area contributed by atoms with Crippen LogP contribution in [0.1, 0.15) is 52.4 Å². The summed E-state index contributed by atoms with van der Waals surface area (Å²) in [6, 6.07) is 8.50. The van der Waals surface area contributed by atoms with E-state index in [0.29, 0.717) is 6.04 Å². The highest BCUT2D eigenvalue weighted by molar-refractivity contribution is 7.98. The third-order valence-electron chi connectivity index (χ3n) is 3.70. The molecule has 1 fully saturated rings. The lowest BCUT2D eigenvalue weighted by Crippen LogP contribution is -2.25. The summed E-state index contributed by atoms with van der Waals surface area (Å²) in [6.45, 7) is 3.94. The first-order chi connectivity index (χ1) is 10.1. The quantitative estimate of drug-likeness (QED) is 0.397.